The summed E-state index contributed by atoms with van der Waals surface area (Å²) in [7, 11) is 0. The van der Waals surface area contributed by atoms with E-state index < -0.39 is 0 Å². The summed E-state index contributed by atoms with van der Waals surface area (Å²) >= 11 is 6.18. The molecule has 1 unspecified atom stereocenters. The Balaban J connectivity index is 2.10. The van der Waals surface area contributed by atoms with E-state index in [1.165, 1.54) is 0 Å². The lowest BCUT2D eigenvalue weighted by Gasteiger charge is -2.27. The number of hydrogen-bond donors (Lipinski definition) is 5. The van der Waals surface area contributed by atoms with E-state index >= 15 is 0 Å². The van der Waals surface area contributed by atoms with Gasteiger partial charge >= 0.3 is 0 Å². The Morgan fingerprint density at radius 1 is 1.07 bits per heavy atom. The van der Waals surface area contributed by atoms with Gasteiger partial charge in [-0.15, -0.1) is 5.53 Å². The molecule has 0 radical (unpaired) electrons. The number of hydrogen-bond acceptors (Lipinski definition) is 9. The molecule has 1 aromatic carbocycles. The quantitative estimate of drug-likeness (QED) is 0.431. The number of rotatable bonds is 7. The first-order chi connectivity index (χ1) is 13.7. The number of anilines is 6. The normalized spacial score (nSPS) is 14.5. The number of halogens is 1. The van der Waals surface area contributed by atoms with Crippen molar-refractivity contribution in [2.75, 3.05) is 32.9 Å². The molecule has 0 aliphatic carbocycles. The van der Waals surface area contributed by atoms with E-state index in [-0.39, 0.29) is 18.1 Å². The molecular weight excluding hydrogens is 390 g/mol. The van der Waals surface area contributed by atoms with Gasteiger partial charge in [0.15, 0.2) is 11.6 Å². The van der Waals surface area contributed by atoms with Crippen molar-refractivity contribution in [1.29, 1.82) is 0 Å². The summed E-state index contributed by atoms with van der Waals surface area (Å²) < 4.78 is 0. The smallest absolute Gasteiger partial charge is 0.226 e. The van der Waals surface area contributed by atoms with E-state index in [2.05, 4.69) is 43.9 Å². The fourth-order valence-corrected chi connectivity index (χ4v) is 3.26. The average Bonchev–Trinajstić information content (AvgIpc) is 2.99. The Hall–Kier alpha value is -2.49. The summed E-state index contributed by atoms with van der Waals surface area (Å²) in [5.74, 6) is 1.93. The van der Waals surface area contributed by atoms with Crippen LogP contribution in [0.2, 0.25) is 5.02 Å². The van der Waals surface area contributed by atoms with E-state index in [9.17, 15) is 0 Å². The Labute approximate surface area is 176 Å². The van der Waals surface area contributed by atoms with Gasteiger partial charge < -0.3 is 22.1 Å². The lowest BCUT2D eigenvalue weighted by atomic mass is 10.2. The van der Waals surface area contributed by atoms with Crippen LogP contribution < -0.4 is 37.7 Å². The molecule has 9 nitrogen and oxygen atoms in total. The molecule has 3 rings (SSSR count). The molecule has 10 heteroatoms. The van der Waals surface area contributed by atoms with E-state index in [4.69, 9.17) is 33.0 Å². The lowest BCUT2D eigenvalue weighted by Crippen LogP contribution is -2.50. The van der Waals surface area contributed by atoms with Crippen molar-refractivity contribution in [3.8, 4) is 0 Å². The molecular formula is C19H30ClN9. The van der Waals surface area contributed by atoms with Crippen molar-refractivity contribution in [1.82, 2.24) is 15.5 Å². The second-order valence-corrected chi connectivity index (χ2v) is 8.29. The number of nitrogens with zero attached hydrogens (tertiary/aromatic N) is 4. The van der Waals surface area contributed by atoms with Crippen molar-refractivity contribution >= 4 is 46.2 Å². The largest absolute Gasteiger partial charge is 0.399 e. The third-order valence-electron chi connectivity index (χ3n) is 4.35. The van der Waals surface area contributed by atoms with Crippen molar-refractivity contribution in [3.05, 3.63) is 23.2 Å². The fourth-order valence-electron chi connectivity index (χ4n) is 3.02. The zero-order valence-electron chi connectivity index (χ0n) is 17.5. The van der Waals surface area contributed by atoms with Crippen molar-refractivity contribution < 1.29 is 0 Å². The maximum absolute atomic E-state index is 6.18. The maximum atomic E-state index is 6.18. The molecule has 29 heavy (non-hydrogen) atoms. The second-order valence-electron chi connectivity index (χ2n) is 7.85. The van der Waals surface area contributed by atoms with Crippen LogP contribution in [0.4, 0.5) is 34.6 Å². The third kappa shape index (κ3) is 4.75. The van der Waals surface area contributed by atoms with Crippen LogP contribution >= 0.6 is 11.6 Å². The van der Waals surface area contributed by atoms with Gasteiger partial charge in [0, 0.05) is 41.1 Å². The maximum Gasteiger partial charge on any atom is 0.226 e. The van der Waals surface area contributed by atoms with Gasteiger partial charge in [0.05, 0.1) is 0 Å². The molecule has 0 fully saturated rings. The molecule has 158 valence electrons. The summed E-state index contributed by atoms with van der Waals surface area (Å²) in [6.07, 6.45) is 0. The van der Waals surface area contributed by atoms with Gasteiger partial charge in [-0.1, -0.05) is 11.6 Å². The second kappa shape index (κ2) is 8.48. The van der Waals surface area contributed by atoms with E-state index in [1.807, 2.05) is 29.1 Å². The Bertz CT molecular complexity index is 849. The van der Waals surface area contributed by atoms with Crippen LogP contribution in [0.25, 0.3) is 0 Å². The zero-order chi connectivity index (χ0) is 21.3. The first-order valence-electron chi connectivity index (χ1n) is 9.75. The minimum atomic E-state index is -0.0255. The zero-order valence-corrected chi connectivity index (χ0v) is 18.2. The third-order valence-corrected chi connectivity index (χ3v) is 4.57. The molecule has 2 heterocycles. The number of nitrogens with two attached hydrogens (primary N) is 2. The molecule has 0 spiro atoms. The van der Waals surface area contributed by atoms with Gasteiger partial charge in [-0.3, -0.25) is 10.0 Å². The molecule has 2 aromatic rings. The molecule has 1 aliphatic heterocycles. The summed E-state index contributed by atoms with van der Waals surface area (Å²) in [6, 6.07) is 5.66. The predicted octanol–water partition coefficient (Wildman–Crippen LogP) is 3.08. The number of hydrazine groups is 2. The lowest BCUT2D eigenvalue weighted by molar-refractivity contribution is 0.524. The van der Waals surface area contributed by atoms with E-state index in [0.717, 1.165) is 17.2 Å². The average molecular weight is 420 g/mol. The highest BCUT2D eigenvalue weighted by molar-refractivity contribution is 6.31. The Morgan fingerprint density at radius 3 is 2.34 bits per heavy atom. The van der Waals surface area contributed by atoms with Gasteiger partial charge in [-0.2, -0.15) is 9.97 Å². The number of fused-ring (bicyclic) bond motifs is 1. The number of nitrogens with one attached hydrogen (secondary N) is 3. The van der Waals surface area contributed by atoms with Gasteiger partial charge in [-0.05, 0) is 52.8 Å². The van der Waals surface area contributed by atoms with Gasteiger partial charge in [-0.25, -0.2) is 0 Å². The molecule has 1 atom stereocenters. The molecule has 0 saturated carbocycles. The number of nitrogen functional groups attached to an aromatic ring is 1. The van der Waals surface area contributed by atoms with Crippen LogP contribution in [-0.4, -0.2) is 34.6 Å². The van der Waals surface area contributed by atoms with E-state index in [0.29, 0.717) is 29.0 Å². The van der Waals surface area contributed by atoms with Crippen LogP contribution in [0.3, 0.4) is 0 Å². The SMILES string of the molecule is CC(N)CNc1nc(Nc2cc(N)cc(Cl)c2)c2c(n1)N(C(C)C)NN2C(C)C. The number of benzene rings is 1. The van der Waals surface area contributed by atoms with Crippen molar-refractivity contribution in [2.24, 2.45) is 5.73 Å². The standard InChI is InChI=1S/C19H30ClN9/c1-10(2)28-16-17(24-15-7-13(20)6-14(22)8-15)25-19(23-9-12(5)21)26-18(16)29(27-28)11(3)4/h6-8,10-12,27H,9,21-22H2,1-5H3,(H2,23,24,25,26). The highest BCUT2D eigenvalue weighted by atomic mass is 35.5. The van der Waals surface area contributed by atoms with Crippen LogP contribution in [0.1, 0.15) is 34.6 Å². The molecule has 1 aromatic heterocycles. The van der Waals surface area contributed by atoms with Crippen molar-refractivity contribution in [3.63, 3.8) is 0 Å². The summed E-state index contributed by atoms with van der Waals surface area (Å²) in [5.41, 5.74) is 17.5. The van der Waals surface area contributed by atoms with Crippen LogP contribution in [-0.2, 0) is 0 Å². The van der Waals surface area contributed by atoms with Crippen LogP contribution in [0, 0.1) is 0 Å². The Morgan fingerprint density at radius 2 is 1.76 bits per heavy atom. The highest BCUT2D eigenvalue weighted by Gasteiger charge is 2.34. The van der Waals surface area contributed by atoms with Gasteiger partial charge in [0.1, 0.15) is 5.69 Å². The summed E-state index contributed by atoms with van der Waals surface area (Å²) in [6.45, 7) is 10.9. The minimum Gasteiger partial charge on any atom is -0.399 e. The molecule has 7 N–H and O–H groups in total. The summed E-state index contributed by atoms with van der Waals surface area (Å²) in [5, 5.41) is 11.2. The molecule has 1 aliphatic rings. The first-order valence-corrected chi connectivity index (χ1v) is 10.1. The monoisotopic (exact) mass is 419 g/mol. The van der Waals surface area contributed by atoms with Crippen LogP contribution in [0.15, 0.2) is 18.2 Å². The topological polar surface area (TPSA) is 120 Å². The molecule has 0 bridgehead atoms. The van der Waals surface area contributed by atoms with Gasteiger partial charge in [0.2, 0.25) is 5.95 Å². The highest BCUT2D eigenvalue weighted by Crippen LogP contribution is 2.41. The predicted molar refractivity (Wildman–Crippen MR) is 122 cm³/mol. The van der Waals surface area contributed by atoms with Crippen LogP contribution in [0.5, 0.6) is 0 Å². The molecule has 0 amide bonds. The molecule has 0 saturated heterocycles. The summed E-state index contributed by atoms with van der Waals surface area (Å²) in [4.78, 5) is 9.47. The Kier molecular flexibility index (Phi) is 6.21. The first kappa shape index (κ1) is 21.2. The van der Waals surface area contributed by atoms with E-state index in [1.54, 1.807) is 6.07 Å². The fraction of sp³-hybridized carbons (Fsp3) is 0.474. The minimum absolute atomic E-state index is 0.0255. The van der Waals surface area contributed by atoms with Gasteiger partial charge in [0.25, 0.3) is 0 Å². The van der Waals surface area contributed by atoms with Crippen molar-refractivity contribution in [2.45, 2.75) is 52.7 Å². The number of aromatic nitrogens is 2.